The van der Waals surface area contributed by atoms with Crippen LogP contribution in [0.15, 0.2) is 41.1 Å². The number of rotatable bonds is 5. The van der Waals surface area contributed by atoms with Crippen LogP contribution in [0, 0.1) is 6.92 Å². The SMILES string of the molecule is CCn1nccc1CNC(=O)c1cc(-c2ccco2)nc2c1c(C)nn2C. The minimum atomic E-state index is -0.185. The smallest absolute Gasteiger partial charge is 0.252 e. The van der Waals surface area contributed by atoms with Gasteiger partial charge in [-0.2, -0.15) is 10.2 Å². The van der Waals surface area contributed by atoms with E-state index in [9.17, 15) is 4.79 Å². The van der Waals surface area contributed by atoms with Crippen LogP contribution < -0.4 is 5.32 Å². The van der Waals surface area contributed by atoms with Crippen LogP contribution in [0.2, 0.25) is 0 Å². The Labute approximate surface area is 155 Å². The molecule has 0 aliphatic carbocycles. The van der Waals surface area contributed by atoms with Crippen molar-refractivity contribution in [2.45, 2.75) is 26.9 Å². The molecule has 4 heterocycles. The molecule has 0 bridgehead atoms. The summed E-state index contributed by atoms with van der Waals surface area (Å²) in [4.78, 5) is 17.6. The predicted octanol–water partition coefficient (Wildman–Crippen LogP) is 2.68. The normalized spacial score (nSPS) is 11.2. The van der Waals surface area contributed by atoms with Crippen LogP contribution in [0.3, 0.4) is 0 Å². The lowest BCUT2D eigenvalue weighted by Crippen LogP contribution is -2.25. The van der Waals surface area contributed by atoms with Gasteiger partial charge in [0.2, 0.25) is 0 Å². The summed E-state index contributed by atoms with van der Waals surface area (Å²) in [7, 11) is 1.82. The molecule has 27 heavy (non-hydrogen) atoms. The molecule has 4 rings (SSSR count). The van der Waals surface area contributed by atoms with Gasteiger partial charge in [-0.05, 0) is 38.1 Å². The largest absolute Gasteiger partial charge is 0.463 e. The van der Waals surface area contributed by atoms with E-state index in [-0.39, 0.29) is 5.91 Å². The van der Waals surface area contributed by atoms with Crippen LogP contribution in [-0.4, -0.2) is 30.5 Å². The number of aromatic nitrogens is 5. The van der Waals surface area contributed by atoms with Crippen molar-refractivity contribution in [2.24, 2.45) is 7.05 Å². The maximum Gasteiger partial charge on any atom is 0.252 e. The van der Waals surface area contributed by atoms with Gasteiger partial charge in [-0.15, -0.1) is 0 Å². The van der Waals surface area contributed by atoms with E-state index >= 15 is 0 Å². The minimum absolute atomic E-state index is 0.185. The highest BCUT2D eigenvalue weighted by Gasteiger charge is 2.20. The van der Waals surface area contributed by atoms with Gasteiger partial charge in [-0.1, -0.05) is 0 Å². The van der Waals surface area contributed by atoms with E-state index in [1.165, 1.54) is 0 Å². The van der Waals surface area contributed by atoms with Crippen molar-refractivity contribution < 1.29 is 9.21 Å². The molecule has 8 nitrogen and oxygen atoms in total. The van der Waals surface area contributed by atoms with Gasteiger partial charge < -0.3 is 9.73 Å². The van der Waals surface area contributed by atoms with Crippen LogP contribution in [0.1, 0.15) is 28.7 Å². The Bertz CT molecular complexity index is 1110. The molecule has 0 saturated heterocycles. The fourth-order valence-corrected chi connectivity index (χ4v) is 3.24. The molecule has 4 aromatic heterocycles. The van der Waals surface area contributed by atoms with Gasteiger partial charge >= 0.3 is 0 Å². The summed E-state index contributed by atoms with van der Waals surface area (Å²) in [5.41, 5.74) is 3.48. The van der Waals surface area contributed by atoms with Crippen LogP contribution >= 0.6 is 0 Å². The van der Waals surface area contributed by atoms with E-state index < -0.39 is 0 Å². The Balaban J connectivity index is 1.74. The monoisotopic (exact) mass is 364 g/mol. The van der Waals surface area contributed by atoms with Gasteiger partial charge in [-0.3, -0.25) is 14.2 Å². The first-order valence-corrected chi connectivity index (χ1v) is 8.75. The molecule has 0 fully saturated rings. The molecule has 0 aliphatic heterocycles. The second kappa shape index (κ2) is 6.71. The highest BCUT2D eigenvalue weighted by atomic mass is 16.3. The maximum absolute atomic E-state index is 13.0. The zero-order chi connectivity index (χ0) is 19.0. The molecule has 0 aromatic carbocycles. The molecular formula is C19H20N6O2. The first kappa shape index (κ1) is 17.0. The van der Waals surface area contributed by atoms with E-state index in [4.69, 9.17) is 4.42 Å². The number of nitrogens with zero attached hydrogens (tertiary/aromatic N) is 5. The number of carbonyl (C=O) groups is 1. The zero-order valence-corrected chi connectivity index (χ0v) is 15.4. The Morgan fingerprint density at radius 1 is 1.33 bits per heavy atom. The average Bonchev–Trinajstić information content (AvgIpc) is 3.40. The van der Waals surface area contributed by atoms with Crippen molar-refractivity contribution in [3.8, 4) is 11.5 Å². The number of hydrogen-bond acceptors (Lipinski definition) is 5. The Morgan fingerprint density at radius 3 is 2.93 bits per heavy atom. The van der Waals surface area contributed by atoms with E-state index in [1.54, 1.807) is 29.3 Å². The van der Waals surface area contributed by atoms with Crippen molar-refractivity contribution in [2.75, 3.05) is 0 Å². The highest BCUT2D eigenvalue weighted by Crippen LogP contribution is 2.27. The molecule has 0 aliphatic rings. The summed E-state index contributed by atoms with van der Waals surface area (Å²) >= 11 is 0. The van der Waals surface area contributed by atoms with E-state index in [1.807, 2.05) is 37.7 Å². The van der Waals surface area contributed by atoms with Gasteiger partial charge in [0.15, 0.2) is 11.4 Å². The third-order valence-corrected chi connectivity index (χ3v) is 4.52. The summed E-state index contributed by atoms with van der Waals surface area (Å²) in [6.07, 6.45) is 3.32. The topological polar surface area (TPSA) is 90.8 Å². The molecule has 4 aromatic rings. The first-order chi connectivity index (χ1) is 13.1. The summed E-state index contributed by atoms with van der Waals surface area (Å²) in [5.74, 6) is 0.420. The van der Waals surface area contributed by atoms with Gasteiger partial charge in [0.25, 0.3) is 5.91 Å². The third-order valence-electron chi connectivity index (χ3n) is 4.52. The summed E-state index contributed by atoms with van der Waals surface area (Å²) in [5, 5.41) is 12.4. The second-order valence-corrected chi connectivity index (χ2v) is 6.26. The highest BCUT2D eigenvalue weighted by molar-refractivity contribution is 6.07. The number of fused-ring (bicyclic) bond motifs is 1. The minimum Gasteiger partial charge on any atom is -0.463 e. The molecule has 1 N–H and O–H groups in total. The van der Waals surface area contributed by atoms with Gasteiger partial charge in [-0.25, -0.2) is 4.98 Å². The standard InChI is InChI=1S/C19H20N6O2/c1-4-25-13(7-8-21-25)11-20-19(26)14-10-15(16-6-5-9-27-16)22-18-17(14)12(2)23-24(18)3/h5-10H,4,11H2,1-3H3,(H,20,26). The molecule has 8 heteroatoms. The van der Waals surface area contributed by atoms with E-state index in [2.05, 4.69) is 20.5 Å². The number of hydrogen-bond donors (Lipinski definition) is 1. The van der Waals surface area contributed by atoms with Gasteiger partial charge in [0, 0.05) is 19.8 Å². The van der Waals surface area contributed by atoms with Crippen molar-refractivity contribution in [3.05, 3.63) is 53.7 Å². The molecule has 0 unspecified atom stereocenters. The number of aryl methyl sites for hydroxylation is 3. The predicted molar refractivity (Wildman–Crippen MR) is 100 cm³/mol. The number of nitrogens with one attached hydrogen (secondary N) is 1. The summed E-state index contributed by atoms with van der Waals surface area (Å²) < 4.78 is 9.00. The summed E-state index contributed by atoms with van der Waals surface area (Å²) in [6, 6.07) is 7.26. The zero-order valence-electron chi connectivity index (χ0n) is 15.4. The quantitative estimate of drug-likeness (QED) is 0.588. The maximum atomic E-state index is 13.0. The van der Waals surface area contributed by atoms with Crippen molar-refractivity contribution in [1.29, 1.82) is 0 Å². The molecule has 138 valence electrons. The molecular weight excluding hydrogens is 344 g/mol. The number of furan rings is 1. The molecule has 0 radical (unpaired) electrons. The Hall–Kier alpha value is -3.42. The van der Waals surface area contributed by atoms with Crippen LogP contribution in [0.5, 0.6) is 0 Å². The lowest BCUT2D eigenvalue weighted by atomic mass is 10.1. The fourth-order valence-electron chi connectivity index (χ4n) is 3.24. The van der Waals surface area contributed by atoms with Gasteiger partial charge in [0.05, 0.1) is 35.1 Å². The van der Waals surface area contributed by atoms with Crippen LogP contribution in [-0.2, 0) is 20.1 Å². The number of pyridine rings is 1. The first-order valence-electron chi connectivity index (χ1n) is 8.75. The van der Waals surface area contributed by atoms with E-state index in [0.717, 1.165) is 23.3 Å². The fraction of sp³-hybridized carbons (Fsp3) is 0.263. The van der Waals surface area contributed by atoms with E-state index in [0.29, 0.717) is 29.2 Å². The van der Waals surface area contributed by atoms with Crippen LogP contribution in [0.25, 0.3) is 22.5 Å². The second-order valence-electron chi connectivity index (χ2n) is 6.26. The molecule has 0 spiro atoms. The third kappa shape index (κ3) is 2.99. The molecule has 1 amide bonds. The van der Waals surface area contributed by atoms with Crippen molar-refractivity contribution in [3.63, 3.8) is 0 Å². The molecule has 0 atom stereocenters. The average molecular weight is 364 g/mol. The van der Waals surface area contributed by atoms with Crippen molar-refractivity contribution >= 4 is 16.9 Å². The number of amides is 1. The Morgan fingerprint density at radius 2 is 2.19 bits per heavy atom. The molecule has 0 saturated carbocycles. The number of carbonyl (C=O) groups excluding carboxylic acids is 1. The van der Waals surface area contributed by atoms with Crippen molar-refractivity contribution in [1.82, 2.24) is 29.9 Å². The Kier molecular flexibility index (Phi) is 4.23. The summed E-state index contributed by atoms with van der Waals surface area (Å²) in [6.45, 7) is 5.03. The lowest BCUT2D eigenvalue weighted by molar-refractivity contribution is 0.0951. The lowest BCUT2D eigenvalue weighted by Gasteiger charge is -2.09. The van der Waals surface area contributed by atoms with Gasteiger partial charge in [0.1, 0.15) is 5.69 Å². The van der Waals surface area contributed by atoms with Crippen LogP contribution in [0.4, 0.5) is 0 Å².